The molecule has 0 aliphatic heterocycles. The van der Waals surface area contributed by atoms with Crippen molar-refractivity contribution in [3.63, 3.8) is 0 Å². The molecule has 3 rings (SSSR count). The zero-order valence-corrected chi connectivity index (χ0v) is 17.5. The van der Waals surface area contributed by atoms with Gasteiger partial charge in [-0.05, 0) is 104 Å². The molecule has 132 valence electrons. The van der Waals surface area contributed by atoms with Crippen LogP contribution in [-0.4, -0.2) is 16.6 Å². The van der Waals surface area contributed by atoms with Crippen molar-refractivity contribution in [3.05, 3.63) is 80.2 Å². The molecule has 0 bridgehead atoms. The number of aliphatic imine (C=N–C) groups is 1. The molecule has 0 aliphatic carbocycles. The first kappa shape index (κ1) is 18.6. The van der Waals surface area contributed by atoms with Gasteiger partial charge in [0, 0.05) is 38.0 Å². The van der Waals surface area contributed by atoms with E-state index >= 15 is 0 Å². The number of Topliss-reactive ketones (excluding diaryl/α,β-unsaturated/α-hetero) is 1. The molecule has 0 spiro atoms. The summed E-state index contributed by atoms with van der Waals surface area (Å²) in [5, 5.41) is 0. The lowest BCUT2D eigenvalue weighted by molar-refractivity contribution is 0.101. The van der Waals surface area contributed by atoms with Gasteiger partial charge < -0.3 is 4.57 Å². The second-order valence-corrected chi connectivity index (χ2v) is 7.62. The summed E-state index contributed by atoms with van der Waals surface area (Å²) in [6, 6.07) is 16.0. The van der Waals surface area contributed by atoms with Gasteiger partial charge in [0.1, 0.15) is 0 Å². The van der Waals surface area contributed by atoms with Gasteiger partial charge in [-0.2, -0.15) is 0 Å². The van der Waals surface area contributed by atoms with Gasteiger partial charge in [-0.25, -0.2) is 0 Å². The van der Waals surface area contributed by atoms with Crippen molar-refractivity contribution in [1.29, 1.82) is 0 Å². The molecule has 4 heteroatoms. The summed E-state index contributed by atoms with van der Waals surface area (Å²) in [6.45, 7) is 7.92. The Morgan fingerprint density at radius 1 is 1.04 bits per heavy atom. The quantitative estimate of drug-likeness (QED) is 0.271. The monoisotopic (exact) mass is 456 g/mol. The number of halogens is 1. The highest BCUT2D eigenvalue weighted by Gasteiger charge is 2.10. The molecule has 0 radical (unpaired) electrons. The normalized spacial score (nSPS) is 11.3. The molecule has 0 fully saturated rings. The van der Waals surface area contributed by atoms with Gasteiger partial charge in [0.15, 0.2) is 5.78 Å². The summed E-state index contributed by atoms with van der Waals surface area (Å²) in [4.78, 5) is 15.9. The first-order valence-corrected chi connectivity index (χ1v) is 9.55. The van der Waals surface area contributed by atoms with E-state index in [0.29, 0.717) is 5.56 Å². The molecular formula is C22H21IN2O. The lowest BCUT2D eigenvalue weighted by atomic mass is 10.1. The lowest BCUT2D eigenvalue weighted by Crippen LogP contribution is -2.00. The average Bonchev–Trinajstić information content (AvgIpc) is 2.90. The SMILES string of the molecule is CC(=O)c1ccc(N=Cc2cc(C)n(-c3ccc(I)c(C)c3)c2C)cc1. The summed E-state index contributed by atoms with van der Waals surface area (Å²) in [7, 11) is 0. The molecule has 0 atom stereocenters. The Morgan fingerprint density at radius 2 is 1.73 bits per heavy atom. The highest BCUT2D eigenvalue weighted by atomic mass is 127. The Bertz CT molecular complexity index is 998. The second kappa shape index (κ2) is 7.58. The van der Waals surface area contributed by atoms with E-state index < -0.39 is 0 Å². The molecule has 2 aromatic carbocycles. The van der Waals surface area contributed by atoms with Crippen molar-refractivity contribution in [2.45, 2.75) is 27.7 Å². The maximum atomic E-state index is 11.4. The Kier molecular flexibility index (Phi) is 5.41. The largest absolute Gasteiger partial charge is 0.318 e. The van der Waals surface area contributed by atoms with Crippen molar-refractivity contribution in [2.75, 3.05) is 0 Å². The highest BCUT2D eigenvalue weighted by Crippen LogP contribution is 2.23. The number of carbonyl (C=O) groups is 1. The fraction of sp³-hybridized carbons (Fsp3) is 0.182. The summed E-state index contributed by atoms with van der Waals surface area (Å²) >= 11 is 2.36. The van der Waals surface area contributed by atoms with E-state index in [4.69, 9.17) is 0 Å². The number of rotatable bonds is 4. The van der Waals surface area contributed by atoms with E-state index in [1.165, 1.54) is 20.5 Å². The van der Waals surface area contributed by atoms with Crippen LogP contribution in [0.15, 0.2) is 53.5 Å². The van der Waals surface area contributed by atoms with Crippen molar-refractivity contribution in [1.82, 2.24) is 4.57 Å². The van der Waals surface area contributed by atoms with Crippen molar-refractivity contribution >= 4 is 40.3 Å². The van der Waals surface area contributed by atoms with Crippen molar-refractivity contribution in [3.8, 4) is 5.69 Å². The molecule has 3 aromatic rings. The van der Waals surface area contributed by atoms with E-state index in [9.17, 15) is 4.79 Å². The van der Waals surface area contributed by atoms with Crippen LogP contribution in [0.5, 0.6) is 0 Å². The smallest absolute Gasteiger partial charge is 0.159 e. The minimum Gasteiger partial charge on any atom is -0.318 e. The molecule has 26 heavy (non-hydrogen) atoms. The van der Waals surface area contributed by atoms with Gasteiger partial charge in [-0.15, -0.1) is 0 Å². The molecule has 0 unspecified atom stereocenters. The van der Waals surface area contributed by atoms with Gasteiger partial charge in [-0.3, -0.25) is 9.79 Å². The third-order valence-electron chi connectivity index (χ3n) is 4.50. The fourth-order valence-corrected chi connectivity index (χ4v) is 3.35. The summed E-state index contributed by atoms with van der Waals surface area (Å²) in [5.41, 5.74) is 7.42. The number of nitrogens with zero attached hydrogens (tertiary/aromatic N) is 2. The molecule has 0 aliphatic rings. The van der Waals surface area contributed by atoms with Gasteiger partial charge in [0.25, 0.3) is 0 Å². The lowest BCUT2D eigenvalue weighted by Gasteiger charge is -2.11. The van der Waals surface area contributed by atoms with E-state index in [1.807, 2.05) is 30.5 Å². The number of benzene rings is 2. The van der Waals surface area contributed by atoms with Crippen LogP contribution in [0.4, 0.5) is 5.69 Å². The van der Waals surface area contributed by atoms with E-state index in [-0.39, 0.29) is 5.78 Å². The van der Waals surface area contributed by atoms with Crippen molar-refractivity contribution < 1.29 is 4.79 Å². The first-order chi connectivity index (χ1) is 12.4. The Labute approximate surface area is 167 Å². The summed E-state index contributed by atoms with van der Waals surface area (Å²) in [6.07, 6.45) is 1.89. The molecule has 0 amide bonds. The number of aromatic nitrogens is 1. The topological polar surface area (TPSA) is 34.4 Å². The van der Waals surface area contributed by atoms with Crippen LogP contribution >= 0.6 is 22.6 Å². The van der Waals surface area contributed by atoms with Crippen LogP contribution in [0.1, 0.15) is 39.8 Å². The predicted octanol–water partition coefficient (Wildman–Crippen LogP) is 5.96. The van der Waals surface area contributed by atoms with Crippen LogP contribution in [0.3, 0.4) is 0 Å². The van der Waals surface area contributed by atoms with E-state index in [0.717, 1.165) is 16.9 Å². The molecule has 0 saturated carbocycles. The number of carbonyl (C=O) groups excluding carboxylic acids is 1. The molecular weight excluding hydrogens is 435 g/mol. The van der Waals surface area contributed by atoms with Crippen LogP contribution < -0.4 is 0 Å². The third-order valence-corrected chi connectivity index (χ3v) is 5.71. The maximum absolute atomic E-state index is 11.4. The van der Waals surface area contributed by atoms with Crippen LogP contribution in [-0.2, 0) is 0 Å². The van der Waals surface area contributed by atoms with Crippen molar-refractivity contribution in [2.24, 2.45) is 4.99 Å². The molecule has 1 aromatic heterocycles. The van der Waals surface area contributed by atoms with Crippen LogP contribution in [0, 0.1) is 24.3 Å². The standard InChI is InChI=1S/C22H21IN2O/c1-14-11-21(9-10-22(14)23)25-15(2)12-19(16(25)3)13-24-20-7-5-18(6-8-20)17(4)26/h5-13H,1-4H3. The first-order valence-electron chi connectivity index (χ1n) is 8.47. The van der Waals surface area contributed by atoms with E-state index in [1.54, 1.807) is 6.92 Å². The third kappa shape index (κ3) is 3.80. The predicted molar refractivity (Wildman–Crippen MR) is 116 cm³/mol. The zero-order chi connectivity index (χ0) is 18.8. The van der Waals surface area contributed by atoms with E-state index in [2.05, 4.69) is 77.2 Å². The second-order valence-electron chi connectivity index (χ2n) is 6.46. The van der Waals surface area contributed by atoms with Crippen LogP contribution in [0.2, 0.25) is 0 Å². The number of aryl methyl sites for hydroxylation is 2. The highest BCUT2D eigenvalue weighted by molar-refractivity contribution is 14.1. The minimum atomic E-state index is 0.0666. The Hall–Kier alpha value is -2.21. The minimum absolute atomic E-state index is 0.0666. The Morgan fingerprint density at radius 3 is 2.35 bits per heavy atom. The van der Waals surface area contributed by atoms with Crippen LogP contribution in [0.25, 0.3) is 5.69 Å². The average molecular weight is 456 g/mol. The number of hydrogen-bond donors (Lipinski definition) is 0. The number of ketones is 1. The fourth-order valence-electron chi connectivity index (χ4n) is 3.01. The molecule has 0 saturated heterocycles. The Balaban J connectivity index is 1.92. The molecule has 1 heterocycles. The summed E-state index contributed by atoms with van der Waals surface area (Å²) < 4.78 is 3.52. The van der Waals surface area contributed by atoms with Gasteiger partial charge in [-0.1, -0.05) is 0 Å². The molecule has 3 nitrogen and oxygen atoms in total. The van der Waals surface area contributed by atoms with Gasteiger partial charge in [0.05, 0.1) is 5.69 Å². The van der Waals surface area contributed by atoms with Gasteiger partial charge in [0.2, 0.25) is 0 Å². The summed E-state index contributed by atoms with van der Waals surface area (Å²) in [5.74, 6) is 0.0666. The van der Waals surface area contributed by atoms with Gasteiger partial charge >= 0.3 is 0 Å². The maximum Gasteiger partial charge on any atom is 0.159 e. The zero-order valence-electron chi connectivity index (χ0n) is 15.4. The molecule has 0 N–H and O–H groups in total. The number of hydrogen-bond acceptors (Lipinski definition) is 2.